The highest BCUT2D eigenvalue weighted by atomic mass is 19.1. The van der Waals surface area contributed by atoms with Gasteiger partial charge in [-0.15, -0.1) is 0 Å². The van der Waals surface area contributed by atoms with Crippen LogP contribution in [-0.4, -0.2) is 18.9 Å². The van der Waals surface area contributed by atoms with Gasteiger partial charge in [0, 0.05) is 12.8 Å². The Morgan fingerprint density at radius 2 is 2.00 bits per heavy atom. The van der Waals surface area contributed by atoms with Crippen LogP contribution in [0.15, 0.2) is 18.2 Å². The van der Waals surface area contributed by atoms with Crippen molar-refractivity contribution in [2.45, 2.75) is 26.2 Å². The molecule has 0 aliphatic rings. The van der Waals surface area contributed by atoms with Crippen LogP contribution in [-0.2, 0) is 9.53 Å². The maximum atomic E-state index is 13.4. The third-order valence-electron chi connectivity index (χ3n) is 2.44. The SMILES string of the molecule is COC(=O)CCCC(=O)c1ccc(C)cc1F. The molecule has 1 aromatic rings. The summed E-state index contributed by atoms with van der Waals surface area (Å²) < 4.78 is 17.9. The molecular weight excluding hydrogens is 223 g/mol. The summed E-state index contributed by atoms with van der Waals surface area (Å²) in [5, 5.41) is 0. The predicted octanol–water partition coefficient (Wildman–Crippen LogP) is 2.66. The smallest absolute Gasteiger partial charge is 0.305 e. The first-order valence-corrected chi connectivity index (χ1v) is 5.40. The monoisotopic (exact) mass is 238 g/mol. The fourth-order valence-electron chi connectivity index (χ4n) is 1.48. The first kappa shape index (κ1) is 13.4. The lowest BCUT2D eigenvalue weighted by Gasteiger charge is -2.03. The molecule has 0 aliphatic heterocycles. The number of Topliss-reactive ketones (excluding diaryl/α,β-unsaturated/α-hetero) is 1. The first-order chi connectivity index (χ1) is 8.04. The predicted molar refractivity (Wildman–Crippen MR) is 61.3 cm³/mol. The number of aryl methyl sites for hydroxylation is 1. The minimum absolute atomic E-state index is 0.0838. The summed E-state index contributed by atoms with van der Waals surface area (Å²) in [7, 11) is 1.30. The van der Waals surface area contributed by atoms with Crippen molar-refractivity contribution in [3.8, 4) is 0 Å². The van der Waals surface area contributed by atoms with E-state index in [4.69, 9.17) is 0 Å². The van der Waals surface area contributed by atoms with Gasteiger partial charge in [-0.1, -0.05) is 6.07 Å². The molecule has 0 aromatic heterocycles. The van der Waals surface area contributed by atoms with Crippen molar-refractivity contribution in [2.75, 3.05) is 7.11 Å². The molecule has 0 aliphatic carbocycles. The normalized spacial score (nSPS) is 10.1. The average Bonchev–Trinajstić information content (AvgIpc) is 2.28. The Balaban J connectivity index is 2.55. The van der Waals surface area contributed by atoms with E-state index >= 15 is 0 Å². The molecule has 1 rings (SSSR count). The molecule has 0 fully saturated rings. The van der Waals surface area contributed by atoms with Crippen LogP contribution >= 0.6 is 0 Å². The molecule has 1 aromatic carbocycles. The van der Waals surface area contributed by atoms with Crippen LogP contribution < -0.4 is 0 Å². The molecule has 0 radical (unpaired) electrons. The minimum Gasteiger partial charge on any atom is -0.469 e. The molecule has 0 heterocycles. The van der Waals surface area contributed by atoms with Crippen LogP contribution in [0.25, 0.3) is 0 Å². The summed E-state index contributed by atoms with van der Waals surface area (Å²) in [4.78, 5) is 22.5. The van der Waals surface area contributed by atoms with Gasteiger partial charge in [-0.3, -0.25) is 9.59 Å². The van der Waals surface area contributed by atoms with Crippen LogP contribution in [0, 0.1) is 12.7 Å². The standard InChI is InChI=1S/C13H15FO3/c1-9-6-7-10(11(14)8-9)12(15)4-3-5-13(16)17-2/h6-8H,3-5H2,1-2H3. The third kappa shape index (κ3) is 3.98. The molecule has 17 heavy (non-hydrogen) atoms. The number of ketones is 1. The number of hydrogen-bond donors (Lipinski definition) is 0. The number of carbonyl (C=O) groups is 2. The van der Waals surface area contributed by atoms with Gasteiger partial charge >= 0.3 is 5.97 Å². The van der Waals surface area contributed by atoms with Crippen LogP contribution in [0.2, 0.25) is 0 Å². The van der Waals surface area contributed by atoms with Gasteiger partial charge in [0.05, 0.1) is 12.7 Å². The van der Waals surface area contributed by atoms with Gasteiger partial charge < -0.3 is 4.74 Å². The van der Waals surface area contributed by atoms with Gasteiger partial charge in [0.25, 0.3) is 0 Å². The number of esters is 1. The lowest BCUT2D eigenvalue weighted by atomic mass is 10.0. The van der Waals surface area contributed by atoms with E-state index < -0.39 is 5.82 Å². The Labute approximate surface area is 99.6 Å². The minimum atomic E-state index is -0.506. The molecule has 0 spiro atoms. The van der Waals surface area contributed by atoms with Crippen molar-refractivity contribution in [3.05, 3.63) is 35.1 Å². The molecule has 92 valence electrons. The van der Waals surface area contributed by atoms with Gasteiger partial charge in [0.2, 0.25) is 0 Å². The van der Waals surface area contributed by atoms with E-state index in [0.717, 1.165) is 5.56 Å². The molecule has 0 saturated carbocycles. The number of rotatable bonds is 5. The van der Waals surface area contributed by atoms with E-state index in [0.29, 0.717) is 6.42 Å². The zero-order chi connectivity index (χ0) is 12.8. The number of hydrogen-bond acceptors (Lipinski definition) is 3. The molecule has 0 unspecified atom stereocenters. The summed E-state index contributed by atoms with van der Waals surface area (Å²) in [5.41, 5.74) is 0.856. The maximum absolute atomic E-state index is 13.4. The fourth-order valence-corrected chi connectivity index (χ4v) is 1.48. The van der Waals surface area contributed by atoms with Gasteiger partial charge in [-0.2, -0.15) is 0 Å². The highest BCUT2D eigenvalue weighted by molar-refractivity contribution is 5.96. The Bertz CT molecular complexity index is 427. The second-order valence-electron chi connectivity index (χ2n) is 3.84. The zero-order valence-corrected chi connectivity index (χ0v) is 9.96. The van der Waals surface area contributed by atoms with Crippen molar-refractivity contribution in [1.82, 2.24) is 0 Å². The fraction of sp³-hybridized carbons (Fsp3) is 0.385. The van der Waals surface area contributed by atoms with E-state index in [1.165, 1.54) is 19.2 Å². The van der Waals surface area contributed by atoms with Crippen LogP contribution in [0.3, 0.4) is 0 Å². The van der Waals surface area contributed by atoms with E-state index in [9.17, 15) is 14.0 Å². The topological polar surface area (TPSA) is 43.4 Å². The van der Waals surface area contributed by atoms with Crippen LogP contribution in [0.1, 0.15) is 35.2 Å². The summed E-state index contributed by atoms with van der Waals surface area (Å²) >= 11 is 0. The molecule has 0 N–H and O–H groups in total. The summed E-state index contributed by atoms with van der Waals surface area (Å²) in [6.07, 6.45) is 0.698. The van der Waals surface area contributed by atoms with Gasteiger partial charge in [-0.05, 0) is 31.0 Å². The second kappa shape index (κ2) is 6.13. The second-order valence-corrected chi connectivity index (χ2v) is 3.84. The van der Waals surface area contributed by atoms with Crippen molar-refractivity contribution in [2.24, 2.45) is 0 Å². The number of methoxy groups -OCH3 is 1. The Kier molecular flexibility index (Phi) is 4.82. The first-order valence-electron chi connectivity index (χ1n) is 5.40. The number of carbonyl (C=O) groups excluding carboxylic acids is 2. The highest BCUT2D eigenvalue weighted by Crippen LogP contribution is 2.13. The molecule has 3 nitrogen and oxygen atoms in total. The van der Waals surface area contributed by atoms with Gasteiger partial charge in [0.1, 0.15) is 5.82 Å². The van der Waals surface area contributed by atoms with E-state index in [1.807, 2.05) is 0 Å². The van der Waals surface area contributed by atoms with Crippen molar-refractivity contribution >= 4 is 11.8 Å². The van der Waals surface area contributed by atoms with Crippen molar-refractivity contribution in [1.29, 1.82) is 0 Å². The van der Waals surface area contributed by atoms with E-state index in [2.05, 4.69) is 4.74 Å². The van der Waals surface area contributed by atoms with Crippen LogP contribution in [0.4, 0.5) is 4.39 Å². The zero-order valence-electron chi connectivity index (χ0n) is 9.96. The molecule has 0 bridgehead atoms. The summed E-state index contributed by atoms with van der Waals surface area (Å²) in [6, 6.07) is 4.50. The van der Waals surface area contributed by atoms with Crippen molar-refractivity contribution < 1.29 is 18.7 Å². The Hall–Kier alpha value is -1.71. The van der Waals surface area contributed by atoms with Crippen molar-refractivity contribution in [3.63, 3.8) is 0 Å². The van der Waals surface area contributed by atoms with E-state index in [1.54, 1.807) is 13.0 Å². The molecule has 0 atom stereocenters. The Morgan fingerprint density at radius 3 is 2.59 bits per heavy atom. The number of halogens is 1. The largest absolute Gasteiger partial charge is 0.469 e. The summed E-state index contributed by atoms with van der Waals surface area (Å²) in [5.74, 6) is -1.15. The molecule has 4 heteroatoms. The maximum Gasteiger partial charge on any atom is 0.305 e. The summed E-state index contributed by atoms with van der Waals surface area (Å²) in [6.45, 7) is 1.76. The molecule has 0 saturated heterocycles. The van der Waals surface area contributed by atoms with Gasteiger partial charge in [0.15, 0.2) is 5.78 Å². The quantitative estimate of drug-likeness (QED) is 0.585. The lowest BCUT2D eigenvalue weighted by molar-refractivity contribution is -0.140. The molecular formula is C13H15FO3. The highest BCUT2D eigenvalue weighted by Gasteiger charge is 2.12. The third-order valence-corrected chi connectivity index (χ3v) is 2.44. The Morgan fingerprint density at radius 1 is 1.29 bits per heavy atom. The number of benzene rings is 1. The average molecular weight is 238 g/mol. The van der Waals surface area contributed by atoms with E-state index in [-0.39, 0.29) is 30.2 Å². The number of ether oxygens (including phenoxy) is 1. The van der Waals surface area contributed by atoms with Gasteiger partial charge in [-0.25, -0.2) is 4.39 Å². The lowest BCUT2D eigenvalue weighted by Crippen LogP contribution is -2.05. The van der Waals surface area contributed by atoms with Crippen LogP contribution in [0.5, 0.6) is 0 Å². The molecule has 0 amide bonds.